The largest absolute Gasteiger partial charge is 0.496 e. The van der Waals surface area contributed by atoms with Crippen LogP contribution in [0.3, 0.4) is 0 Å². The maximum absolute atomic E-state index is 11.3. The molecule has 0 saturated carbocycles. The molecule has 1 aliphatic heterocycles. The average molecular weight is 219 g/mol. The number of carbonyl (C=O) groups is 1. The molecule has 1 atom stereocenters. The first-order valence-electron chi connectivity index (χ1n) is 4.96. The molecule has 5 heteroatoms. The van der Waals surface area contributed by atoms with E-state index in [1.807, 2.05) is 24.3 Å². The zero-order valence-corrected chi connectivity index (χ0v) is 8.93. The summed E-state index contributed by atoms with van der Waals surface area (Å²) in [5.41, 5.74) is 6.40. The molecule has 0 radical (unpaired) electrons. The molecule has 1 aliphatic rings. The first-order chi connectivity index (χ1) is 7.70. The van der Waals surface area contributed by atoms with Crippen molar-refractivity contribution in [3.05, 3.63) is 29.8 Å². The maximum atomic E-state index is 11.3. The number of hydrogen-bond donors (Lipinski definition) is 2. The number of hydrogen-bond acceptors (Lipinski definition) is 4. The molecule has 1 heterocycles. The molecule has 0 fully saturated rings. The fourth-order valence-corrected chi connectivity index (χ4v) is 1.74. The Hall–Kier alpha value is -2.04. The van der Waals surface area contributed by atoms with E-state index in [-0.39, 0.29) is 17.9 Å². The van der Waals surface area contributed by atoms with Gasteiger partial charge >= 0.3 is 0 Å². The third kappa shape index (κ3) is 1.98. The molecule has 1 aromatic carbocycles. The normalized spacial score (nSPS) is 19.9. The molecule has 1 amide bonds. The van der Waals surface area contributed by atoms with Crippen LogP contribution < -0.4 is 15.8 Å². The lowest BCUT2D eigenvalue weighted by Gasteiger charge is -2.20. The van der Waals surface area contributed by atoms with Crippen molar-refractivity contribution in [1.29, 1.82) is 0 Å². The number of para-hydroxylation sites is 1. The Bertz CT molecular complexity index is 443. The summed E-state index contributed by atoms with van der Waals surface area (Å²) in [6.07, 6.45) is 0.293. The van der Waals surface area contributed by atoms with Crippen LogP contribution in [0, 0.1) is 0 Å². The van der Waals surface area contributed by atoms with Gasteiger partial charge in [0, 0.05) is 5.56 Å². The lowest BCUT2D eigenvalue weighted by Crippen LogP contribution is -2.41. The van der Waals surface area contributed by atoms with Gasteiger partial charge in [0.2, 0.25) is 5.91 Å². The fraction of sp³-hybridized carbons (Fsp3) is 0.273. The van der Waals surface area contributed by atoms with Crippen LogP contribution in [0.25, 0.3) is 0 Å². The first kappa shape index (κ1) is 10.5. The Morgan fingerprint density at radius 1 is 1.50 bits per heavy atom. The van der Waals surface area contributed by atoms with E-state index in [1.165, 1.54) is 0 Å². The standard InChI is InChI=1S/C11H13N3O2/c1-16-9-5-3-2-4-7(9)8-6-10(15)14-11(12)13-8/h2-5,8H,6H2,1H3,(H3,12,13,14,15)/t8-/m0/s1. The van der Waals surface area contributed by atoms with Crippen molar-refractivity contribution in [3.63, 3.8) is 0 Å². The smallest absolute Gasteiger partial charge is 0.229 e. The number of carbonyl (C=O) groups excluding carboxylic acids is 1. The average Bonchev–Trinajstić information content (AvgIpc) is 2.27. The fourth-order valence-electron chi connectivity index (χ4n) is 1.74. The van der Waals surface area contributed by atoms with Crippen LogP contribution in [0.4, 0.5) is 0 Å². The predicted octanol–water partition coefficient (Wildman–Crippen LogP) is 0.571. The van der Waals surface area contributed by atoms with Crippen molar-refractivity contribution in [2.75, 3.05) is 7.11 Å². The van der Waals surface area contributed by atoms with E-state index in [0.717, 1.165) is 11.3 Å². The van der Waals surface area contributed by atoms with E-state index in [9.17, 15) is 4.79 Å². The highest BCUT2D eigenvalue weighted by Gasteiger charge is 2.23. The van der Waals surface area contributed by atoms with Crippen molar-refractivity contribution >= 4 is 11.9 Å². The lowest BCUT2D eigenvalue weighted by molar-refractivity contribution is -0.120. The summed E-state index contributed by atoms with van der Waals surface area (Å²) < 4.78 is 5.23. The quantitative estimate of drug-likeness (QED) is 0.763. The van der Waals surface area contributed by atoms with Crippen molar-refractivity contribution < 1.29 is 9.53 Å². The van der Waals surface area contributed by atoms with Gasteiger partial charge in [-0.2, -0.15) is 0 Å². The minimum atomic E-state index is -0.259. The van der Waals surface area contributed by atoms with E-state index in [1.54, 1.807) is 7.11 Å². The summed E-state index contributed by atoms with van der Waals surface area (Å²) in [6, 6.07) is 7.23. The highest BCUT2D eigenvalue weighted by Crippen LogP contribution is 2.30. The Balaban J connectivity index is 2.36. The number of amides is 1. The van der Waals surface area contributed by atoms with Crippen LogP contribution in [0.1, 0.15) is 18.0 Å². The summed E-state index contributed by atoms with van der Waals surface area (Å²) in [6.45, 7) is 0. The Morgan fingerprint density at radius 3 is 2.94 bits per heavy atom. The van der Waals surface area contributed by atoms with Gasteiger partial charge in [-0.05, 0) is 6.07 Å². The zero-order chi connectivity index (χ0) is 11.5. The number of nitrogens with zero attached hydrogens (tertiary/aromatic N) is 1. The highest BCUT2D eigenvalue weighted by atomic mass is 16.5. The van der Waals surface area contributed by atoms with Gasteiger partial charge in [-0.1, -0.05) is 18.2 Å². The van der Waals surface area contributed by atoms with Gasteiger partial charge in [0.25, 0.3) is 0 Å². The number of guanidine groups is 1. The third-order valence-corrected chi connectivity index (χ3v) is 2.44. The van der Waals surface area contributed by atoms with Crippen molar-refractivity contribution in [1.82, 2.24) is 5.32 Å². The lowest BCUT2D eigenvalue weighted by atomic mass is 10.0. The molecule has 0 bridgehead atoms. The van der Waals surface area contributed by atoms with Crippen LogP contribution in [0.2, 0.25) is 0 Å². The van der Waals surface area contributed by atoms with Gasteiger partial charge in [0.1, 0.15) is 5.75 Å². The van der Waals surface area contributed by atoms with E-state index < -0.39 is 0 Å². The second-order valence-corrected chi connectivity index (χ2v) is 3.52. The molecular weight excluding hydrogens is 206 g/mol. The van der Waals surface area contributed by atoms with Crippen LogP contribution in [-0.4, -0.2) is 19.0 Å². The van der Waals surface area contributed by atoms with Gasteiger partial charge in [-0.25, -0.2) is 4.99 Å². The van der Waals surface area contributed by atoms with E-state index in [4.69, 9.17) is 10.5 Å². The first-order valence-corrected chi connectivity index (χ1v) is 4.96. The van der Waals surface area contributed by atoms with Crippen LogP contribution in [-0.2, 0) is 4.79 Å². The van der Waals surface area contributed by atoms with Gasteiger partial charge in [-0.15, -0.1) is 0 Å². The summed E-state index contributed by atoms with van der Waals surface area (Å²) in [4.78, 5) is 15.5. The second kappa shape index (κ2) is 4.22. The molecule has 0 unspecified atom stereocenters. The van der Waals surface area contributed by atoms with E-state index >= 15 is 0 Å². The molecule has 1 aromatic rings. The van der Waals surface area contributed by atoms with Crippen LogP contribution in [0.15, 0.2) is 29.3 Å². The molecule has 0 spiro atoms. The topological polar surface area (TPSA) is 76.7 Å². The summed E-state index contributed by atoms with van der Waals surface area (Å²) in [5, 5.41) is 2.46. The Kier molecular flexibility index (Phi) is 2.76. The van der Waals surface area contributed by atoms with Crippen LogP contribution >= 0.6 is 0 Å². The maximum Gasteiger partial charge on any atom is 0.229 e. The number of benzene rings is 1. The van der Waals surface area contributed by atoms with E-state index in [0.29, 0.717) is 6.42 Å². The highest BCUT2D eigenvalue weighted by molar-refractivity contribution is 5.98. The number of ether oxygens (including phenoxy) is 1. The van der Waals surface area contributed by atoms with Gasteiger partial charge in [0.05, 0.1) is 19.6 Å². The van der Waals surface area contributed by atoms with Crippen molar-refractivity contribution in [2.24, 2.45) is 10.7 Å². The van der Waals surface area contributed by atoms with Crippen LogP contribution in [0.5, 0.6) is 5.75 Å². The molecule has 0 aliphatic carbocycles. The molecule has 16 heavy (non-hydrogen) atoms. The summed E-state index contributed by atoms with van der Waals surface area (Å²) in [7, 11) is 1.59. The third-order valence-electron chi connectivity index (χ3n) is 2.44. The van der Waals surface area contributed by atoms with Gasteiger partial charge in [-0.3, -0.25) is 10.1 Å². The predicted molar refractivity (Wildman–Crippen MR) is 60.1 cm³/mol. The van der Waals surface area contributed by atoms with Crippen molar-refractivity contribution in [2.45, 2.75) is 12.5 Å². The zero-order valence-electron chi connectivity index (χ0n) is 8.93. The molecule has 3 N–H and O–H groups in total. The second-order valence-electron chi connectivity index (χ2n) is 3.52. The monoisotopic (exact) mass is 219 g/mol. The number of rotatable bonds is 2. The number of nitrogens with one attached hydrogen (secondary N) is 1. The molecule has 0 aromatic heterocycles. The Morgan fingerprint density at radius 2 is 2.25 bits per heavy atom. The summed E-state index contributed by atoms with van der Waals surface area (Å²) in [5.74, 6) is 0.759. The molecule has 0 saturated heterocycles. The number of aliphatic imine (C=N–C) groups is 1. The minimum absolute atomic E-state index is 0.122. The molecule has 84 valence electrons. The SMILES string of the molecule is COc1ccccc1[C@@H]1CC(=O)NC(N)=N1. The molecule has 2 rings (SSSR count). The van der Waals surface area contributed by atoms with Gasteiger partial charge < -0.3 is 10.5 Å². The van der Waals surface area contributed by atoms with E-state index in [2.05, 4.69) is 10.3 Å². The van der Waals surface area contributed by atoms with Gasteiger partial charge in [0.15, 0.2) is 5.96 Å². The summed E-state index contributed by atoms with van der Waals surface area (Å²) >= 11 is 0. The number of methoxy groups -OCH3 is 1. The minimum Gasteiger partial charge on any atom is -0.496 e. The number of nitrogens with two attached hydrogens (primary N) is 1. The Labute approximate surface area is 93.3 Å². The molecular formula is C11H13N3O2. The van der Waals surface area contributed by atoms with Crippen molar-refractivity contribution in [3.8, 4) is 5.75 Å². The molecule has 5 nitrogen and oxygen atoms in total.